The molecular weight excluding hydrogens is 302 g/mol. The molecule has 0 bridgehead atoms. The van der Waals surface area contributed by atoms with Crippen molar-refractivity contribution in [2.45, 2.75) is 40.0 Å². The van der Waals surface area contributed by atoms with Crippen LogP contribution in [0, 0.1) is 13.8 Å². The van der Waals surface area contributed by atoms with Crippen molar-refractivity contribution >= 4 is 17.6 Å². The largest absolute Gasteiger partial charge is 0.427 e. The average molecular weight is 325 g/mol. The Hall–Kier alpha value is -2.62. The minimum absolute atomic E-state index is 0.189. The average Bonchev–Trinajstić information content (AvgIpc) is 2.56. The fourth-order valence-corrected chi connectivity index (χ4v) is 2.33. The maximum Gasteiger partial charge on any atom is 0.311 e. The molecule has 1 N–H and O–H groups in total. The fourth-order valence-electron chi connectivity index (χ4n) is 2.33. The summed E-state index contributed by atoms with van der Waals surface area (Å²) in [7, 11) is 0. The predicted molar refractivity (Wildman–Crippen MR) is 95.5 cm³/mol. The van der Waals surface area contributed by atoms with Gasteiger partial charge in [0.1, 0.15) is 5.75 Å². The SMILES string of the molecule is CCCCC(=O)Oc1ccc(C(=O)Nc2ccc(C)cc2C)cc1. The molecule has 0 unspecified atom stereocenters. The third-order valence-electron chi connectivity index (χ3n) is 3.71. The van der Waals surface area contributed by atoms with E-state index in [1.165, 1.54) is 0 Å². The van der Waals surface area contributed by atoms with Gasteiger partial charge in [0, 0.05) is 17.7 Å². The molecule has 0 aliphatic heterocycles. The van der Waals surface area contributed by atoms with Crippen molar-refractivity contribution in [3.8, 4) is 5.75 Å². The number of unbranched alkanes of at least 4 members (excludes halogenated alkanes) is 1. The monoisotopic (exact) mass is 325 g/mol. The first-order valence-corrected chi connectivity index (χ1v) is 8.19. The first kappa shape index (κ1) is 17.7. The van der Waals surface area contributed by atoms with Gasteiger partial charge >= 0.3 is 5.97 Å². The fraction of sp³-hybridized carbons (Fsp3) is 0.300. The van der Waals surface area contributed by atoms with Gasteiger partial charge in [-0.2, -0.15) is 0 Å². The highest BCUT2D eigenvalue weighted by Crippen LogP contribution is 2.18. The number of amides is 1. The van der Waals surface area contributed by atoms with Crippen molar-refractivity contribution in [1.29, 1.82) is 0 Å². The Balaban J connectivity index is 1.99. The van der Waals surface area contributed by atoms with Gasteiger partial charge in [-0.15, -0.1) is 0 Å². The van der Waals surface area contributed by atoms with Crippen LogP contribution in [0.1, 0.15) is 47.7 Å². The molecule has 2 aromatic rings. The number of benzene rings is 2. The van der Waals surface area contributed by atoms with Gasteiger partial charge in [0.2, 0.25) is 0 Å². The maximum absolute atomic E-state index is 12.3. The van der Waals surface area contributed by atoms with Crippen LogP contribution in [0.5, 0.6) is 5.75 Å². The molecule has 0 saturated carbocycles. The third kappa shape index (κ3) is 4.95. The number of nitrogens with one attached hydrogen (secondary N) is 1. The Bertz CT molecular complexity index is 720. The number of carbonyl (C=O) groups is 2. The standard InChI is InChI=1S/C20H23NO3/c1-4-5-6-19(22)24-17-10-8-16(9-11-17)20(23)21-18-12-7-14(2)13-15(18)3/h7-13H,4-6H2,1-3H3,(H,21,23). The van der Waals surface area contributed by atoms with Crippen LogP contribution in [0.4, 0.5) is 5.69 Å². The Kier molecular flexibility index (Phi) is 6.13. The topological polar surface area (TPSA) is 55.4 Å². The normalized spacial score (nSPS) is 10.3. The number of aryl methyl sites for hydroxylation is 2. The van der Waals surface area contributed by atoms with E-state index < -0.39 is 0 Å². The van der Waals surface area contributed by atoms with Crippen LogP contribution in [0.25, 0.3) is 0 Å². The van der Waals surface area contributed by atoms with E-state index in [-0.39, 0.29) is 11.9 Å². The van der Waals surface area contributed by atoms with E-state index in [9.17, 15) is 9.59 Å². The van der Waals surface area contributed by atoms with Gasteiger partial charge in [-0.1, -0.05) is 31.0 Å². The van der Waals surface area contributed by atoms with Crippen LogP contribution in [-0.4, -0.2) is 11.9 Å². The lowest BCUT2D eigenvalue weighted by Gasteiger charge is -2.10. The van der Waals surface area contributed by atoms with E-state index in [1.807, 2.05) is 39.0 Å². The number of esters is 1. The van der Waals surface area contributed by atoms with Crippen LogP contribution in [0.3, 0.4) is 0 Å². The van der Waals surface area contributed by atoms with E-state index in [0.29, 0.717) is 17.7 Å². The molecule has 0 atom stereocenters. The Morgan fingerprint density at radius 1 is 1.04 bits per heavy atom. The lowest BCUT2D eigenvalue weighted by atomic mass is 10.1. The van der Waals surface area contributed by atoms with E-state index in [2.05, 4.69) is 5.32 Å². The predicted octanol–water partition coefficient (Wildman–Crippen LogP) is 4.65. The molecule has 2 aromatic carbocycles. The smallest absolute Gasteiger partial charge is 0.311 e. The van der Waals surface area contributed by atoms with Crippen LogP contribution in [0.15, 0.2) is 42.5 Å². The molecule has 24 heavy (non-hydrogen) atoms. The minimum Gasteiger partial charge on any atom is -0.427 e. The van der Waals surface area contributed by atoms with Gasteiger partial charge in [-0.3, -0.25) is 9.59 Å². The molecule has 0 aromatic heterocycles. The van der Waals surface area contributed by atoms with Crippen molar-refractivity contribution < 1.29 is 14.3 Å². The van der Waals surface area contributed by atoms with Gasteiger partial charge in [-0.05, 0) is 56.2 Å². The second kappa shape index (κ2) is 8.29. The Morgan fingerprint density at radius 2 is 1.75 bits per heavy atom. The molecule has 1 amide bonds. The van der Waals surface area contributed by atoms with Gasteiger partial charge in [0.25, 0.3) is 5.91 Å². The molecule has 0 fully saturated rings. The lowest BCUT2D eigenvalue weighted by molar-refractivity contribution is -0.134. The zero-order chi connectivity index (χ0) is 17.5. The summed E-state index contributed by atoms with van der Waals surface area (Å²) < 4.78 is 5.23. The molecule has 0 saturated heterocycles. The zero-order valence-corrected chi connectivity index (χ0v) is 14.4. The molecule has 4 heteroatoms. The van der Waals surface area contributed by atoms with E-state index in [4.69, 9.17) is 4.74 Å². The molecule has 0 aliphatic carbocycles. The van der Waals surface area contributed by atoms with Crippen molar-refractivity contribution in [1.82, 2.24) is 0 Å². The highest BCUT2D eigenvalue weighted by molar-refractivity contribution is 6.04. The summed E-state index contributed by atoms with van der Waals surface area (Å²) in [6, 6.07) is 12.5. The van der Waals surface area contributed by atoms with Gasteiger partial charge in [0.05, 0.1) is 0 Å². The Morgan fingerprint density at radius 3 is 2.38 bits per heavy atom. The molecule has 0 heterocycles. The second-order valence-electron chi connectivity index (χ2n) is 5.87. The van der Waals surface area contributed by atoms with Crippen LogP contribution < -0.4 is 10.1 Å². The summed E-state index contributed by atoms with van der Waals surface area (Å²) in [4.78, 5) is 23.9. The molecule has 0 aliphatic rings. The van der Waals surface area contributed by atoms with Gasteiger partial charge < -0.3 is 10.1 Å². The van der Waals surface area contributed by atoms with Crippen LogP contribution in [0.2, 0.25) is 0 Å². The maximum atomic E-state index is 12.3. The van der Waals surface area contributed by atoms with E-state index >= 15 is 0 Å². The van der Waals surface area contributed by atoms with Crippen molar-refractivity contribution in [3.05, 3.63) is 59.2 Å². The lowest BCUT2D eigenvalue weighted by Crippen LogP contribution is -2.13. The highest BCUT2D eigenvalue weighted by atomic mass is 16.5. The van der Waals surface area contributed by atoms with Crippen molar-refractivity contribution in [2.24, 2.45) is 0 Å². The summed E-state index contributed by atoms with van der Waals surface area (Å²) >= 11 is 0. The second-order valence-corrected chi connectivity index (χ2v) is 5.87. The van der Waals surface area contributed by atoms with Gasteiger partial charge in [0.15, 0.2) is 0 Å². The van der Waals surface area contributed by atoms with Crippen LogP contribution >= 0.6 is 0 Å². The zero-order valence-electron chi connectivity index (χ0n) is 14.4. The number of rotatable bonds is 6. The summed E-state index contributed by atoms with van der Waals surface area (Å²) in [6.07, 6.45) is 2.17. The first-order valence-electron chi connectivity index (χ1n) is 8.19. The first-order chi connectivity index (χ1) is 11.5. The van der Waals surface area contributed by atoms with Crippen molar-refractivity contribution in [2.75, 3.05) is 5.32 Å². The quantitative estimate of drug-likeness (QED) is 0.621. The number of hydrogen-bond donors (Lipinski definition) is 1. The molecule has 4 nitrogen and oxygen atoms in total. The Labute approximate surface area is 142 Å². The number of carbonyl (C=O) groups excluding carboxylic acids is 2. The number of ether oxygens (including phenoxy) is 1. The summed E-state index contributed by atoms with van der Waals surface area (Å²) in [5.74, 6) is 0.0225. The van der Waals surface area contributed by atoms with Crippen LogP contribution in [-0.2, 0) is 4.79 Å². The summed E-state index contributed by atoms with van der Waals surface area (Å²) in [6.45, 7) is 6.00. The molecule has 0 spiro atoms. The number of hydrogen-bond acceptors (Lipinski definition) is 3. The highest BCUT2D eigenvalue weighted by Gasteiger charge is 2.09. The molecular formula is C20H23NO3. The molecule has 126 valence electrons. The minimum atomic E-state index is -0.246. The third-order valence-corrected chi connectivity index (χ3v) is 3.71. The molecule has 2 rings (SSSR count). The van der Waals surface area contributed by atoms with E-state index in [0.717, 1.165) is 29.7 Å². The summed E-state index contributed by atoms with van der Waals surface area (Å²) in [5, 5.41) is 2.90. The summed E-state index contributed by atoms with van der Waals surface area (Å²) in [5.41, 5.74) is 3.48. The van der Waals surface area contributed by atoms with Gasteiger partial charge in [-0.25, -0.2) is 0 Å². The molecule has 0 radical (unpaired) electrons. The number of anilines is 1. The van der Waals surface area contributed by atoms with E-state index in [1.54, 1.807) is 24.3 Å². The van der Waals surface area contributed by atoms with Crippen molar-refractivity contribution in [3.63, 3.8) is 0 Å².